The highest BCUT2D eigenvalue weighted by atomic mass is 79.9. The first kappa shape index (κ1) is 22.0. The minimum absolute atomic E-state index is 0. The number of nitrogens with zero attached hydrogens (tertiary/aromatic N) is 1. The fraction of sp³-hybridized carbons (Fsp3) is 0.0357. The van der Waals surface area contributed by atoms with Crippen LogP contribution in [0.1, 0.15) is 11.1 Å². The van der Waals surface area contributed by atoms with Gasteiger partial charge in [-0.25, -0.2) is 0 Å². The molecule has 5 aromatic rings. The molecule has 2 nitrogen and oxygen atoms in total. The third-order valence-corrected chi connectivity index (χ3v) is 10.1. The second kappa shape index (κ2) is 9.53. The minimum atomic E-state index is -1.99. The summed E-state index contributed by atoms with van der Waals surface area (Å²) in [4.78, 5) is 0. The molecule has 0 radical (unpaired) electrons. The van der Waals surface area contributed by atoms with E-state index in [2.05, 4.69) is 97.1 Å². The Hall–Kier alpha value is -3.18. The number of benzene rings is 4. The predicted molar refractivity (Wildman–Crippen MR) is 130 cm³/mol. The zero-order valence-electron chi connectivity index (χ0n) is 17.4. The molecule has 0 N–H and O–H groups in total. The molecule has 0 saturated heterocycles. The third kappa shape index (κ3) is 3.89. The van der Waals surface area contributed by atoms with Gasteiger partial charge in [-0.15, -0.1) is 0 Å². The summed E-state index contributed by atoms with van der Waals surface area (Å²) in [5, 5.41) is 14.4. The van der Waals surface area contributed by atoms with Gasteiger partial charge in [0.1, 0.15) is 34.9 Å². The molecule has 156 valence electrons. The lowest BCUT2D eigenvalue weighted by Gasteiger charge is -2.27. The Balaban J connectivity index is 0.00000245. The molecular formula is C28H21BrNOP. The highest BCUT2D eigenvalue weighted by Crippen LogP contribution is 2.58. The Bertz CT molecular complexity index is 1260. The van der Waals surface area contributed by atoms with Crippen LogP contribution < -0.4 is 32.9 Å². The first-order valence-corrected chi connectivity index (χ1v) is 12.2. The average molecular weight is 498 g/mol. The Kier molecular flexibility index (Phi) is 6.56. The normalized spacial score (nSPS) is 11.0. The average Bonchev–Trinajstić information content (AvgIpc) is 3.26. The maximum atomic E-state index is 9.25. The first-order valence-electron chi connectivity index (χ1n) is 10.3. The van der Waals surface area contributed by atoms with Gasteiger partial charge in [-0.05, 0) is 54.6 Å². The van der Waals surface area contributed by atoms with Crippen molar-refractivity contribution in [1.82, 2.24) is 0 Å². The third-order valence-electron chi connectivity index (χ3n) is 5.78. The van der Waals surface area contributed by atoms with Gasteiger partial charge in [-0.2, -0.15) is 5.26 Å². The topological polar surface area (TPSA) is 36.9 Å². The highest BCUT2D eigenvalue weighted by molar-refractivity contribution is 7.95. The molecular weight excluding hydrogens is 477 g/mol. The van der Waals surface area contributed by atoms with Crippen LogP contribution in [0.25, 0.3) is 11.0 Å². The van der Waals surface area contributed by atoms with Gasteiger partial charge in [0.25, 0.3) is 0 Å². The lowest BCUT2D eigenvalue weighted by Crippen LogP contribution is -3.00. The molecule has 0 aliphatic heterocycles. The van der Waals surface area contributed by atoms with Crippen molar-refractivity contribution >= 4 is 34.1 Å². The standard InChI is InChI=1S/C28H21NOP.BrH/c29-19-22-16-17-27-23(20-30-28(27)18-22)21-31(24-10-4-1-5-11-24,25-12-6-2-7-13-25)26-14-8-3-9-15-26;/h1-18,20H,21H2;1H/q+1;/p-1. The second-order valence-electron chi connectivity index (χ2n) is 7.56. The van der Waals surface area contributed by atoms with Crippen molar-refractivity contribution in [2.24, 2.45) is 0 Å². The van der Waals surface area contributed by atoms with E-state index < -0.39 is 7.26 Å². The first-order chi connectivity index (χ1) is 15.3. The van der Waals surface area contributed by atoms with E-state index in [4.69, 9.17) is 4.42 Å². The molecule has 0 fully saturated rings. The van der Waals surface area contributed by atoms with E-state index in [0.717, 1.165) is 17.1 Å². The molecule has 0 saturated carbocycles. The largest absolute Gasteiger partial charge is 1.00 e. The van der Waals surface area contributed by atoms with E-state index in [1.807, 2.05) is 24.5 Å². The second-order valence-corrected chi connectivity index (χ2v) is 11.0. The van der Waals surface area contributed by atoms with Crippen LogP contribution in [-0.2, 0) is 6.16 Å². The molecule has 1 aromatic heterocycles. The summed E-state index contributed by atoms with van der Waals surface area (Å²) in [5.74, 6) is 0. The number of nitriles is 1. The molecule has 5 rings (SSSR count). The molecule has 0 aliphatic rings. The number of halogens is 1. The van der Waals surface area contributed by atoms with Gasteiger partial charge in [-0.3, -0.25) is 0 Å². The maximum absolute atomic E-state index is 9.25. The highest BCUT2D eigenvalue weighted by Gasteiger charge is 2.46. The van der Waals surface area contributed by atoms with E-state index in [9.17, 15) is 5.26 Å². The van der Waals surface area contributed by atoms with Gasteiger partial charge in [0.15, 0.2) is 0 Å². The van der Waals surface area contributed by atoms with Crippen LogP contribution in [0.5, 0.6) is 0 Å². The fourth-order valence-electron chi connectivity index (χ4n) is 4.30. The summed E-state index contributed by atoms with van der Waals surface area (Å²) in [6.45, 7) is 0. The molecule has 0 amide bonds. The number of hydrogen-bond donors (Lipinski definition) is 0. The van der Waals surface area contributed by atoms with Gasteiger partial charge in [0, 0.05) is 10.9 Å². The van der Waals surface area contributed by atoms with E-state index in [-0.39, 0.29) is 17.0 Å². The lowest BCUT2D eigenvalue weighted by atomic mass is 10.1. The van der Waals surface area contributed by atoms with E-state index in [1.54, 1.807) is 0 Å². The zero-order valence-corrected chi connectivity index (χ0v) is 19.8. The van der Waals surface area contributed by atoms with Crippen molar-refractivity contribution in [3.8, 4) is 6.07 Å². The maximum Gasteiger partial charge on any atom is 0.135 e. The molecule has 32 heavy (non-hydrogen) atoms. The van der Waals surface area contributed by atoms with Crippen molar-refractivity contribution in [3.63, 3.8) is 0 Å². The zero-order chi connectivity index (χ0) is 21.1. The summed E-state index contributed by atoms with van der Waals surface area (Å²) in [5.41, 5.74) is 2.55. The monoisotopic (exact) mass is 497 g/mol. The van der Waals surface area contributed by atoms with Crippen LogP contribution in [0.2, 0.25) is 0 Å². The van der Waals surface area contributed by atoms with Gasteiger partial charge in [0.2, 0.25) is 0 Å². The van der Waals surface area contributed by atoms with Crippen molar-refractivity contribution in [2.45, 2.75) is 6.16 Å². The van der Waals surface area contributed by atoms with Crippen LogP contribution in [0.15, 0.2) is 120 Å². The number of fused-ring (bicyclic) bond motifs is 1. The van der Waals surface area contributed by atoms with Gasteiger partial charge in [0.05, 0.1) is 17.9 Å². The smallest absolute Gasteiger partial charge is 0.135 e. The summed E-state index contributed by atoms with van der Waals surface area (Å²) >= 11 is 0. The van der Waals surface area contributed by atoms with Crippen molar-refractivity contribution in [2.75, 3.05) is 0 Å². The van der Waals surface area contributed by atoms with Crippen molar-refractivity contribution in [1.29, 1.82) is 5.26 Å². The summed E-state index contributed by atoms with van der Waals surface area (Å²) in [7, 11) is -1.99. The van der Waals surface area contributed by atoms with E-state index in [1.165, 1.54) is 21.5 Å². The van der Waals surface area contributed by atoms with Crippen LogP contribution >= 0.6 is 7.26 Å². The molecule has 0 aliphatic carbocycles. The quantitative estimate of drug-likeness (QED) is 0.350. The SMILES string of the molecule is N#Cc1ccc2c(C[P+](c3ccccc3)(c3ccccc3)c3ccccc3)coc2c1.[Br-]. The van der Waals surface area contributed by atoms with Crippen molar-refractivity contribution in [3.05, 3.63) is 127 Å². The fourth-order valence-corrected chi connectivity index (χ4v) is 8.54. The van der Waals surface area contributed by atoms with Crippen LogP contribution in [0, 0.1) is 11.3 Å². The molecule has 1 heterocycles. The molecule has 0 unspecified atom stereocenters. The Morgan fingerprint density at radius 3 is 1.66 bits per heavy atom. The minimum Gasteiger partial charge on any atom is -1.00 e. The van der Waals surface area contributed by atoms with Crippen LogP contribution in [0.3, 0.4) is 0 Å². The number of rotatable bonds is 5. The molecule has 0 spiro atoms. The van der Waals surface area contributed by atoms with Gasteiger partial charge in [-0.1, -0.05) is 54.6 Å². The molecule has 0 atom stereocenters. The van der Waals surface area contributed by atoms with Crippen LogP contribution in [0.4, 0.5) is 0 Å². The summed E-state index contributed by atoms with van der Waals surface area (Å²) in [6, 6.07) is 40.4. The summed E-state index contributed by atoms with van der Waals surface area (Å²) in [6.07, 6.45) is 2.72. The lowest BCUT2D eigenvalue weighted by molar-refractivity contribution is -0.00000659. The van der Waals surface area contributed by atoms with Gasteiger partial charge >= 0.3 is 0 Å². The van der Waals surface area contributed by atoms with Crippen molar-refractivity contribution < 1.29 is 21.4 Å². The number of furan rings is 1. The van der Waals surface area contributed by atoms with E-state index in [0.29, 0.717) is 5.56 Å². The number of hydrogen-bond acceptors (Lipinski definition) is 2. The molecule has 0 bridgehead atoms. The van der Waals surface area contributed by atoms with E-state index >= 15 is 0 Å². The molecule has 4 aromatic carbocycles. The Morgan fingerprint density at radius 2 is 1.19 bits per heavy atom. The van der Waals surface area contributed by atoms with Crippen LogP contribution in [-0.4, -0.2) is 0 Å². The summed E-state index contributed by atoms with van der Waals surface area (Å²) < 4.78 is 5.91. The molecule has 4 heteroatoms. The van der Waals surface area contributed by atoms with Gasteiger partial charge < -0.3 is 21.4 Å². The predicted octanol–water partition coefficient (Wildman–Crippen LogP) is 2.80. The Labute approximate surface area is 199 Å². The Morgan fingerprint density at radius 1 is 0.688 bits per heavy atom.